The number of halogens is 2. The first kappa shape index (κ1) is 15.0. The maximum Gasteiger partial charge on any atom is 0.0642 e. The van der Waals surface area contributed by atoms with Crippen LogP contribution in [0.5, 0.6) is 0 Å². The van der Waals surface area contributed by atoms with Crippen LogP contribution in [0, 0.1) is 5.92 Å². The summed E-state index contributed by atoms with van der Waals surface area (Å²) in [6.07, 6.45) is 2.53. The molecule has 0 unspecified atom stereocenters. The van der Waals surface area contributed by atoms with Gasteiger partial charge in [0.2, 0.25) is 0 Å². The number of rotatable bonds is 4. The van der Waals surface area contributed by atoms with Gasteiger partial charge in [0.05, 0.1) is 10.7 Å². The Morgan fingerprint density at radius 2 is 2.00 bits per heavy atom. The summed E-state index contributed by atoms with van der Waals surface area (Å²) in [6.45, 7) is 3.45. The van der Waals surface area contributed by atoms with Crippen molar-refractivity contribution in [1.82, 2.24) is 4.90 Å². The van der Waals surface area contributed by atoms with Crippen molar-refractivity contribution in [1.29, 1.82) is 0 Å². The van der Waals surface area contributed by atoms with E-state index in [0.717, 1.165) is 28.7 Å². The summed E-state index contributed by atoms with van der Waals surface area (Å²) in [7, 11) is 4.31. The molecular formula is C15H22Cl2N2. The highest BCUT2D eigenvalue weighted by atomic mass is 35.5. The van der Waals surface area contributed by atoms with Crippen molar-refractivity contribution in [2.45, 2.75) is 18.7 Å². The Bertz CT molecular complexity index is 415. The number of anilines is 1. The van der Waals surface area contributed by atoms with Crippen molar-refractivity contribution in [3.05, 3.63) is 28.8 Å². The number of likely N-dealkylation sites (tertiary alicyclic amines) is 1. The van der Waals surface area contributed by atoms with Crippen molar-refractivity contribution in [3.8, 4) is 0 Å². The normalized spacial score (nSPS) is 17.7. The average Bonchev–Trinajstić information content (AvgIpc) is 2.40. The number of hydrogen-bond donors (Lipinski definition) is 0. The van der Waals surface area contributed by atoms with Gasteiger partial charge in [-0.3, -0.25) is 0 Å². The average molecular weight is 301 g/mol. The van der Waals surface area contributed by atoms with Crippen LogP contribution in [0.15, 0.2) is 18.2 Å². The van der Waals surface area contributed by atoms with Gasteiger partial charge >= 0.3 is 0 Å². The molecule has 0 spiro atoms. The van der Waals surface area contributed by atoms with Gasteiger partial charge in [-0.1, -0.05) is 23.7 Å². The monoisotopic (exact) mass is 300 g/mol. The molecule has 0 N–H and O–H groups in total. The molecule has 1 aromatic carbocycles. The van der Waals surface area contributed by atoms with E-state index in [1.807, 2.05) is 12.1 Å². The topological polar surface area (TPSA) is 6.48 Å². The maximum atomic E-state index is 6.34. The molecule has 1 saturated heterocycles. The second-order valence-corrected chi connectivity index (χ2v) is 6.18. The molecule has 19 heavy (non-hydrogen) atoms. The molecule has 1 aromatic rings. The molecule has 1 heterocycles. The lowest BCUT2D eigenvalue weighted by atomic mass is 9.96. The van der Waals surface area contributed by atoms with E-state index in [4.69, 9.17) is 23.2 Å². The number of alkyl halides is 1. The zero-order valence-corrected chi connectivity index (χ0v) is 13.2. The smallest absolute Gasteiger partial charge is 0.0642 e. The zero-order valence-electron chi connectivity index (χ0n) is 11.7. The summed E-state index contributed by atoms with van der Waals surface area (Å²) in [5.74, 6) is 1.26. The third-order valence-electron chi connectivity index (χ3n) is 3.97. The van der Waals surface area contributed by atoms with Crippen LogP contribution >= 0.6 is 23.2 Å². The van der Waals surface area contributed by atoms with Gasteiger partial charge in [0, 0.05) is 19.5 Å². The Morgan fingerprint density at radius 1 is 1.32 bits per heavy atom. The standard InChI is InChI=1S/C15H22Cl2N2/c1-18-8-6-12(7-9-18)11-19(2)15-13(10-16)4-3-5-14(15)17/h3-5,12H,6-11H2,1-2H3. The van der Waals surface area contributed by atoms with Crippen molar-refractivity contribution in [2.75, 3.05) is 38.6 Å². The van der Waals surface area contributed by atoms with Gasteiger partial charge in [0.1, 0.15) is 0 Å². The highest BCUT2D eigenvalue weighted by molar-refractivity contribution is 6.33. The Hall–Kier alpha value is -0.440. The Balaban J connectivity index is 2.05. The number of para-hydroxylation sites is 1. The van der Waals surface area contributed by atoms with Crippen LogP contribution in [-0.4, -0.2) is 38.6 Å². The van der Waals surface area contributed by atoms with Gasteiger partial charge in [0.25, 0.3) is 0 Å². The molecule has 4 heteroatoms. The molecule has 2 rings (SSSR count). The fraction of sp³-hybridized carbons (Fsp3) is 0.600. The molecular weight excluding hydrogens is 279 g/mol. The number of piperidine rings is 1. The molecule has 1 aliphatic heterocycles. The minimum atomic E-state index is 0.508. The molecule has 0 radical (unpaired) electrons. The summed E-state index contributed by atoms with van der Waals surface area (Å²) in [5, 5.41) is 0.800. The third-order valence-corrected chi connectivity index (χ3v) is 4.56. The lowest BCUT2D eigenvalue weighted by Crippen LogP contribution is -2.36. The molecule has 106 valence electrons. The molecule has 1 aliphatic rings. The first-order valence-corrected chi connectivity index (χ1v) is 7.76. The van der Waals surface area contributed by atoms with Gasteiger partial charge in [0.15, 0.2) is 0 Å². The molecule has 0 aromatic heterocycles. The summed E-state index contributed by atoms with van der Waals surface area (Å²) in [5.41, 5.74) is 2.21. The van der Waals surface area contributed by atoms with Gasteiger partial charge < -0.3 is 9.80 Å². The van der Waals surface area contributed by atoms with Crippen LogP contribution in [0.3, 0.4) is 0 Å². The lowest BCUT2D eigenvalue weighted by molar-refractivity contribution is 0.222. The molecule has 0 bridgehead atoms. The summed E-state index contributed by atoms with van der Waals surface area (Å²) in [4.78, 5) is 4.67. The lowest BCUT2D eigenvalue weighted by Gasteiger charge is -2.33. The Kier molecular flexibility index (Phi) is 5.37. The van der Waals surface area contributed by atoms with E-state index in [1.54, 1.807) is 0 Å². The van der Waals surface area contributed by atoms with E-state index < -0.39 is 0 Å². The van der Waals surface area contributed by atoms with E-state index in [-0.39, 0.29) is 0 Å². The van der Waals surface area contributed by atoms with E-state index in [9.17, 15) is 0 Å². The van der Waals surface area contributed by atoms with Crippen LogP contribution in [0.25, 0.3) is 0 Å². The maximum absolute atomic E-state index is 6.34. The quantitative estimate of drug-likeness (QED) is 0.779. The second kappa shape index (κ2) is 6.83. The van der Waals surface area contributed by atoms with Crippen LogP contribution < -0.4 is 4.90 Å². The Morgan fingerprint density at radius 3 is 2.63 bits per heavy atom. The van der Waals surface area contributed by atoms with E-state index >= 15 is 0 Å². The highest BCUT2D eigenvalue weighted by Gasteiger charge is 2.20. The fourth-order valence-electron chi connectivity index (χ4n) is 2.82. The van der Waals surface area contributed by atoms with Crippen molar-refractivity contribution in [2.24, 2.45) is 5.92 Å². The SMILES string of the molecule is CN1CCC(CN(C)c2c(Cl)cccc2CCl)CC1. The first-order valence-electron chi connectivity index (χ1n) is 6.85. The summed E-state index contributed by atoms with van der Waals surface area (Å²) >= 11 is 12.4. The molecule has 2 nitrogen and oxygen atoms in total. The third kappa shape index (κ3) is 3.77. The largest absolute Gasteiger partial charge is 0.373 e. The van der Waals surface area contributed by atoms with Crippen LogP contribution in [0.1, 0.15) is 18.4 Å². The van der Waals surface area contributed by atoms with Crippen molar-refractivity contribution >= 4 is 28.9 Å². The fourth-order valence-corrected chi connectivity index (χ4v) is 3.37. The van der Waals surface area contributed by atoms with Gasteiger partial charge in [-0.25, -0.2) is 0 Å². The number of nitrogens with zero attached hydrogens (tertiary/aromatic N) is 2. The summed E-state index contributed by atoms with van der Waals surface area (Å²) < 4.78 is 0. The van der Waals surface area contributed by atoms with Crippen LogP contribution in [-0.2, 0) is 5.88 Å². The Labute approximate surface area is 126 Å². The summed E-state index contributed by atoms with van der Waals surface area (Å²) in [6, 6.07) is 5.96. The predicted molar refractivity (Wildman–Crippen MR) is 84.5 cm³/mol. The first-order chi connectivity index (χ1) is 9.11. The minimum Gasteiger partial charge on any atom is -0.373 e. The van der Waals surface area contributed by atoms with E-state index in [1.165, 1.54) is 25.9 Å². The predicted octanol–water partition coefficient (Wildman–Crippen LogP) is 3.86. The molecule has 0 saturated carbocycles. The van der Waals surface area contributed by atoms with Crippen LogP contribution in [0.2, 0.25) is 5.02 Å². The second-order valence-electron chi connectivity index (χ2n) is 5.51. The van der Waals surface area contributed by atoms with Gasteiger partial charge in [-0.15, -0.1) is 11.6 Å². The molecule has 0 amide bonds. The molecule has 1 fully saturated rings. The van der Waals surface area contributed by atoms with Gasteiger partial charge in [-0.05, 0) is 50.5 Å². The van der Waals surface area contributed by atoms with Gasteiger partial charge in [-0.2, -0.15) is 0 Å². The van der Waals surface area contributed by atoms with Crippen molar-refractivity contribution in [3.63, 3.8) is 0 Å². The number of hydrogen-bond acceptors (Lipinski definition) is 2. The van der Waals surface area contributed by atoms with E-state index in [0.29, 0.717) is 5.88 Å². The minimum absolute atomic E-state index is 0.508. The van der Waals surface area contributed by atoms with Crippen LogP contribution in [0.4, 0.5) is 5.69 Å². The highest BCUT2D eigenvalue weighted by Crippen LogP contribution is 2.31. The van der Waals surface area contributed by atoms with E-state index in [2.05, 4.69) is 30.0 Å². The zero-order chi connectivity index (χ0) is 13.8. The molecule has 0 atom stereocenters. The number of benzene rings is 1. The van der Waals surface area contributed by atoms with Crippen molar-refractivity contribution < 1.29 is 0 Å². The molecule has 0 aliphatic carbocycles.